The largest absolute Gasteiger partial charge is 0.475 e. The molecular formula is C30H30N6O4. The Bertz CT molecular complexity index is 1650. The summed E-state index contributed by atoms with van der Waals surface area (Å²) >= 11 is 0. The van der Waals surface area contributed by atoms with Crippen molar-refractivity contribution in [3.05, 3.63) is 81.8 Å². The fraction of sp³-hybridized carbons (Fsp3) is 0.333. The van der Waals surface area contributed by atoms with Crippen LogP contribution in [0.2, 0.25) is 0 Å². The Labute approximate surface area is 230 Å². The number of pyridine rings is 1. The molecule has 10 nitrogen and oxygen atoms in total. The molecule has 2 aliphatic heterocycles. The summed E-state index contributed by atoms with van der Waals surface area (Å²) in [4.78, 5) is 42.2. The maximum atomic E-state index is 13.3. The van der Waals surface area contributed by atoms with Crippen molar-refractivity contribution in [2.45, 2.75) is 38.3 Å². The third-order valence-electron chi connectivity index (χ3n) is 8.25. The van der Waals surface area contributed by atoms with Crippen molar-refractivity contribution in [2.75, 3.05) is 25.5 Å². The summed E-state index contributed by atoms with van der Waals surface area (Å²) in [7, 11) is 1.33. The smallest absolute Gasteiger partial charge is 0.280 e. The quantitative estimate of drug-likeness (QED) is 0.343. The number of ether oxygens (including phenoxy) is 1. The Morgan fingerprint density at radius 1 is 1.05 bits per heavy atom. The molecule has 1 aliphatic carbocycles. The van der Waals surface area contributed by atoms with Gasteiger partial charge in [0.15, 0.2) is 11.9 Å². The van der Waals surface area contributed by atoms with E-state index in [1.54, 1.807) is 4.57 Å². The Kier molecular flexibility index (Phi) is 6.21. The number of hydrogen-bond acceptors (Lipinski definition) is 8. The van der Waals surface area contributed by atoms with Gasteiger partial charge in [0.05, 0.1) is 12.5 Å². The number of amides is 1. The number of nitrogens with zero attached hydrogens (tertiary/aromatic N) is 4. The van der Waals surface area contributed by atoms with Gasteiger partial charge >= 0.3 is 0 Å². The highest BCUT2D eigenvalue weighted by atomic mass is 16.6. The van der Waals surface area contributed by atoms with E-state index < -0.39 is 11.3 Å². The molecule has 1 atom stereocenters. The molecule has 2 fully saturated rings. The van der Waals surface area contributed by atoms with Gasteiger partial charge in [-0.15, -0.1) is 0 Å². The second-order valence-electron chi connectivity index (χ2n) is 10.6. The molecule has 40 heavy (non-hydrogen) atoms. The van der Waals surface area contributed by atoms with Gasteiger partial charge in [0.1, 0.15) is 11.3 Å². The van der Waals surface area contributed by atoms with Gasteiger partial charge < -0.3 is 14.6 Å². The summed E-state index contributed by atoms with van der Waals surface area (Å²) in [6, 6.07) is 14.0. The fourth-order valence-electron chi connectivity index (χ4n) is 6.20. The minimum absolute atomic E-state index is 0.0539. The van der Waals surface area contributed by atoms with Crippen LogP contribution in [0.4, 0.5) is 11.6 Å². The third-order valence-corrected chi connectivity index (χ3v) is 8.25. The Morgan fingerprint density at radius 3 is 2.60 bits per heavy atom. The third kappa shape index (κ3) is 4.39. The zero-order chi connectivity index (χ0) is 27.2. The lowest BCUT2D eigenvalue weighted by Gasteiger charge is -2.20. The first kappa shape index (κ1) is 24.7. The lowest BCUT2D eigenvalue weighted by molar-refractivity contribution is 0.0536. The van der Waals surface area contributed by atoms with Crippen molar-refractivity contribution in [3.8, 4) is 11.4 Å². The molecule has 4 aromatic rings. The van der Waals surface area contributed by atoms with E-state index in [9.17, 15) is 9.59 Å². The van der Waals surface area contributed by atoms with Gasteiger partial charge in [-0.25, -0.2) is 10.5 Å². The molecule has 2 N–H and O–H groups in total. The van der Waals surface area contributed by atoms with E-state index in [0.717, 1.165) is 49.5 Å². The number of nitrogens with one attached hydrogen (secondary N) is 2. The molecule has 2 bridgehead atoms. The second kappa shape index (κ2) is 10.0. The first-order valence-electron chi connectivity index (χ1n) is 13.7. The first-order chi connectivity index (χ1) is 19.6. The lowest BCUT2D eigenvalue weighted by atomic mass is 10.1. The maximum absolute atomic E-state index is 13.3. The highest BCUT2D eigenvalue weighted by Crippen LogP contribution is 2.36. The molecular weight excluding hydrogens is 508 g/mol. The number of aromatic nitrogens is 3. The number of carbonyl (C=O) groups is 1. The van der Waals surface area contributed by atoms with Crippen molar-refractivity contribution in [1.29, 1.82) is 0 Å². The van der Waals surface area contributed by atoms with E-state index >= 15 is 0 Å². The highest BCUT2D eigenvalue weighted by molar-refractivity contribution is 5.96. The van der Waals surface area contributed by atoms with Crippen LogP contribution >= 0.6 is 0 Å². The number of hydrogen-bond donors (Lipinski definition) is 2. The van der Waals surface area contributed by atoms with E-state index in [2.05, 4.69) is 32.8 Å². The lowest BCUT2D eigenvalue weighted by Crippen LogP contribution is -2.30. The van der Waals surface area contributed by atoms with Crippen molar-refractivity contribution >= 4 is 28.6 Å². The van der Waals surface area contributed by atoms with Gasteiger partial charge in [0.2, 0.25) is 11.4 Å². The standard InChI is InChI=1S/C30H30N6O4/c1-39-34-28(38)25-17-36(22-8-5-18-3-2-4-20(18)15-22)27-24(26(25)37)16-31-30(33-27)32-21-6-9-23(10-7-21)40-29-19-11-13-35(29)14-12-19/h5-10,15-17,19,29H,2-4,11-14H2,1H3,(H,34,38)(H,31,32,33). The Hall–Kier alpha value is -4.28. The van der Waals surface area contributed by atoms with Crippen LogP contribution in [0.1, 0.15) is 40.7 Å². The van der Waals surface area contributed by atoms with Gasteiger partial charge in [-0.2, -0.15) is 4.98 Å². The van der Waals surface area contributed by atoms with E-state index in [0.29, 0.717) is 17.5 Å². The number of fused-ring (bicyclic) bond motifs is 4. The van der Waals surface area contributed by atoms with Crippen molar-refractivity contribution in [3.63, 3.8) is 0 Å². The molecule has 4 heterocycles. The van der Waals surface area contributed by atoms with Crippen molar-refractivity contribution < 1.29 is 14.4 Å². The molecule has 0 saturated carbocycles. The van der Waals surface area contributed by atoms with Crippen LogP contribution < -0.4 is 21.0 Å². The van der Waals surface area contributed by atoms with Crippen LogP contribution in [-0.2, 0) is 17.7 Å². The molecule has 2 aromatic carbocycles. The summed E-state index contributed by atoms with van der Waals surface area (Å²) in [5.74, 6) is 1.16. The zero-order valence-electron chi connectivity index (χ0n) is 22.2. The predicted molar refractivity (Wildman–Crippen MR) is 150 cm³/mol. The molecule has 2 aromatic heterocycles. The molecule has 0 radical (unpaired) electrons. The zero-order valence-corrected chi connectivity index (χ0v) is 22.2. The number of rotatable bonds is 7. The van der Waals surface area contributed by atoms with E-state index in [1.807, 2.05) is 30.3 Å². The molecule has 204 valence electrons. The average Bonchev–Trinajstić information content (AvgIpc) is 3.70. The highest BCUT2D eigenvalue weighted by Gasteiger charge is 2.41. The topological polar surface area (TPSA) is 111 Å². The van der Waals surface area contributed by atoms with Gasteiger partial charge in [-0.05, 0) is 79.6 Å². The van der Waals surface area contributed by atoms with E-state index in [4.69, 9.17) is 14.6 Å². The molecule has 7 rings (SSSR count). The number of benzene rings is 2. The fourth-order valence-corrected chi connectivity index (χ4v) is 6.20. The number of carbonyl (C=O) groups excluding carboxylic acids is 1. The molecule has 1 unspecified atom stereocenters. The Balaban J connectivity index is 1.22. The SMILES string of the molecule is CONC(=O)c1cn(-c2ccc3c(c2)CCC3)c2nc(Nc3ccc(OC4C5CCN4CC5)cc3)ncc2c1=O. The maximum Gasteiger partial charge on any atom is 0.280 e. The van der Waals surface area contributed by atoms with E-state index in [1.165, 1.54) is 43.5 Å². The number of aryl methyl sites for hydroxylation is 2. The predicted octanol–water partition coefficient (Wildman–Crippen LogP) is 3.73. The van der Waals surface area contributed by atoms with Gasteiger partial charge in [0.25, 0.3) is 5.91 Å². The minimum Gasteiger partial charge on any atom is -0.475 e. The Morgan fingerprint density at radius 2 is 1.85 bits per heavy atom. The van der Waals surface area contributed by atoms with Crippen LogP contribution in [0.15, 0.2) is 59.7 Å². The summed E-state index contributed by atoms with van der Waals surface area (Å²) in [6.07, 6.45) is 8.74. The van der Waals surface area contributed by atoms with E-state index in [-0.39, 0.29) is 17.2 Å². The number of piperidine rings is 1. The molecule has 10 heteroatoms. The second-order valence-corrected chi connectivity index (χ2v) is 10.6. The summed E-state index contributed by atoms with van der Waals surface area (Å²) in [6.45, 7) is 2.23. The van der Waals surface area contributed by atoms with Gasteiger partial charge in [-0.1, -0.05) is 6.07 Å². The normalized spacial score (nSPS) is 21.0. The molecule has 2 saturated heterocycles. The van der Waals surface area contributed by atoms with Crippen LogP contribution in [0.5, 0.6) is 5.75 Å². The molecule has 3 aliphatic rings. The summed E-state index contributed by atoms with van der Waals surface area (Å²) < 4.78 is 8.04. The first-order valence-corrected chi connectivity index (χ1v) is 13.7. The van der Waals surface area contributed by atoms with Crippen molar-refractivity contribution in [2.24, 2.45) is 5.92 Å². The van der Waals surface area contributed by atoms with Crippen LogP contribution in [0, 0.1) is 5.92 Å². The average molecular weight is 539 g/mol. The minimum atomic E-state index is -0.628. The summed E-state index contributed by atoms with van der Waals surface area (Å²) in [5.41, 5.74) is 6.34. The van der Waals surface area contributed by atoms with Crippen LogP contribution in [0.25, 0.3) is 16.7 Å². The number of hydroxylamine groups is 1. The van der Waals surface area contributed by atoms with Gasteiger partial charge in [-0.3, -0.25) is 19.3 Å². The number of anilines is 2. The van der Waals surface area contributed by atoms with Crippen molar-refractivity contribution in [1.82, 2.24) is 24.9 Å². The molecule has 0 spiro atoms. The summed E-state index contributed by atoms with van der Waals surface area (Å²) in [5, 5.41) is 3.48. The van der Waals surface area contributed by atoms with Crippen LogP contribution in [-0.4, -0.2) is 51.8 Å². The van der Waals surface area contributed by atoms with Gasteiger partial charge in [0, 0.05) is 42.8 Å². The molecule has 1 amide bonds. The monoisotopic (exact) mass is 538 g/mol. The van der Waals surface area contributed by atoms with Crippen LogP contribution in [0.3, 0.4) is 0 Å².